The highest BCUT2D eigenvalue weighted by atomic mass is 19.1. The number of hydrogen-bond acceptors (Lipinski definition) is 7. The van der Waals surface area contributed by atoms with Gasteiger partial charge in [0.05, 0.1) is 22.8 Å². The molecule has 0 amide bonds. The summed E-state index contributed by atoms with van der Waals surface area (Å²) >= 11 is 0. The van der Waals surface area contributed by atoms with Crippen molar-refractivity contribution >= 4 is 27.9 Å². The lowest BCUT2D eigenvalue weighted by Crippen LogP contribution is -2.18. The van der Waals surface area contributed by atoms with Gasteiger partial charge in [0.15, 0.2) is 17.1 Å². The van der Waals surface area contributed by atoms with Gasteiger partial charge in [-0.3, -0.25) is 10.1 Å². The summed E-state index contributed by atoms with van der Waals surface area (Å²) in [7, 11) is 0. The molecule has 184 valence electrons. The van der Waals surface area contributed by atoms with Gasteiger partial charge in [0, 0.05) is 35.3 Å². The lowest BCUT2D eigenvalue weighted by Gasteiger charge is -2.13. The Kier molecular flexibility index (Phi) is 5.78. The van der Waals surface area contributed by atoms with E-state index in [-0.39, 0.29) is 5.82 Å². The molecule has 5 aromatic heterocycles. The minimum atomic E-state index is -0.637. The number of nitrogens with zero attached hydrogens (tertiary/aromatic N) is 5. The molecule has 0 spiro atoms. The van der Waals surface area contributed by atoms with Crippen LogP contribution in [0.25, 0.3) is 56.0 Å². The molecule has 10 heteroatoms. The van der Waals surface area contributed by atoms with E-state index in [0.29, 0.717) is 34.8 Å². The fraction of sp³-hybridized carbons (Fsp3) is 0.148. The summed E-state index contributed by atoms with van der Waals surface area (Å²) < 4.78 is 13.9. The minimum Gasteiger partial charge on any atom is -0.374 e. The van der Waals surface area contributed by atoms with Crippen molar-refractivity contribution in [1.82, 2.24) is 35.1 Å². The van der Waals surface area contributed by atoms with Gasteiger partial charge in [-0.1, -0.05) is 25.5 Å². The predicted molar refractivity (Wildman–Crippen MR) is 140 cm³/mol. The Morgan fingerprint density at radius 1 is 1.00 bits per heavy atom. The highest BCUT2D eigenvalue weighted by Gasteiger charge is 2.17. The molecule has 6 rings (SSSR count). The Morgan fingerprint density at radius 2 is 1.89 bits per heavy atom. The average molecular weight is 495 g/mol. The van der Waals surface area contributed by atoms with Crippen LogP contribution < -0.4 is 5.32 Å². The Bertz CT molecular complexity index is 1730. The van der Waals surface area contributed by atoms with Gasteiger partial charge < -0.3 is 15.4 Å². The lowest BCUT2D eigenvalue weighted by molar-refractivity contribution is 0.192. The number of imidazole rings is 1. The molecule has 0 fully saturated rings. The van der Waals surface area contributed by atoms with E-state index >= 15 is 0 Å². The summed E-state index contributed by atoms with van der Waals surface area (Å²) in [6, 6.07) is 12.1. The first kappa shape index (κ1) is 22.7. The monoisotopic (exact) mass is 494 g/mol. The number of fused-ring (bicyclic) bond motifs is 2. The number of aromatic amines is 2. The third-order valence-corrected chi connectivity index (χ3v) is 6.14. The van der Waals surface area contributed by atoms with Crippen LogP contribution in [0.2, 0.25) is 0 Å². The quantitative estimate of drug-likeness (QED) is 0.222. The van der Waals surface area contributed by atoms with Gasteiger partial charge in [-0.2, -0.15) is 5.10 Å². The summed E-state index contributed by atoms with van der Waals surface area (Å²) in [6.07, 6.45) is 7.69. The van der Waals surface area contributed by atoms with Gasteiger partial charge in [0.2, 0.25) is 0 Å². The molecule has 1 atom stereocenters. The van der Waals surface area contributed by atoms with Gasteiger partial charge in [-0.25, -0.2) is 19.3 Å². The van der Waals surface area contributed by atoms with E-state index in [0.717, 1.165) is 39.7 Å². The molecular weight excluding hydrogens is 471 g/mol. The second-order valence-corrected chi connectivity index (χ2v) is 8.76. The van der Waals surface area contributed by atoms with Gasteiger partial charge >= 0.3 is 0 Å². The van der Waals surface area contributed by atoms with E-state index in [1.807, 2.05) is 31.2 Å². The molecule has 0 bridgehead atoms. The third-order valence-electron chi connectivity index (χ3n) is 6.14. The maximum Gasteiger partial charge on any atom is 0.181 e. The first-order chi connectivity index (χ1) is 18.1. The van der Waals surface area contributed by atoms with E-state index in [9.17, 15) is 9.50 Å². The molecule has 5 heterocycles. The number of benzene rings is 1. The number of anilines is 1. The van der Waals surface area contributed by atoms with Crippen LogP contribution in [0.5, 0.6) is 0 Å². The fourth-order valence-corrected chi connectivity index (χ4v) is 4.38. The zero-order valence-corrected chi connectivity index (χ0v) is 19.9. The van der Waals surface area contributed by atoms with Crippen molar-refractivity contribution in [2.75, 3.05) is 5.32 Å². The van der Waals surface area contributed by atoms with Crippen molar-refractivity contribution in [2.45, 2.75) is 26.0 Å². The number of rotatable bonds is 7. The topological polar surface area (TPSA) is 128 Å². The number of aromatic nitrogens is 7. The van der Waals surface area contributed by atoms with Crippen LogP contribution in [0.15, 0.2) is 67.3 Å². The minimum absolute atomic E-state index is 0.311. The Labute approximate surface area is 210 Å². The van der Waals surface area contributed by atoms with E-state index in [2.05, 4.69) is 40.4 Å². The van der Waals surface area contributed by atoms with Crippen LogP contribution in [-0.4, -0.2) is 46.5 Å². The van der Waals surface area contributed by atoms with E-state index < -0.39 is 6.23 Å². The zero-order valence-electron chi connectivity index (χ0n) is 19.9. The summed E-state index contributed by atoms with van der Waals surface area (Å²) in [6.45, 7) is 2.02. The Balaban J connectivity index is 1.40. The summed E-state index contributed by atoms with van der Waals surface area (Å²) in [5, 5.41) is 21.3. The van der Waals surface area contributed by atoms with Gasteiger partial charge in [-0.05, 0) is 42.3 Å². The molecule has 1 unspecified atom stereocenters. The van der Waals surface area contributed by atoms with Crippen molar-refractivity contribution in [2.24, 2.45) is 0 Å². The van der Waals surface area contributed by atoms with Gasteiger partial charge in [-0.15, -0.1) is 0 Å². The average Bonchev–Trinajstić information content (AvgIpc) is 3.52. The summed E-state index contributed by atoms with van der Waals surface area (Å²) in [5.41, 5.74) is 6.34. The molecule has 0 saturated carbocycles. The number of aliphatic hydroxyl groups is 1. The normalized spacial score (nSPS) is 12.3. The van der Waals surface area contributed by atoms with Crippen molar-refractivity contribution in [3.8, 4) is 33.8 Å². The van der Waals surface area contributed by atoms with Crippen molar-refractivity contribution < 1.29 is 9.50 Å². The van der Waals surface area contributed by atoms with E-state index in [1.54, 1.807) is 30.9 Å². The molecule has 0 aliphatic heterocycles. The smallest absolute Gasteiger partial charge is 0.181 e. The molecule has 1 aromatic carbocycles. The molecule has 37 heavy (non-hydrogen) atoms. The van der Waals surface area contributed by atoms with Crippen LogP contribution >= 0.6 is 0 Å². The Morgan fingerprint density at radius 3 is 2.76 bits per heavy atom. The molecule has 0 saturated heterocycles. The van der Waals surface area contributed by atoms with Crippen LogP contribution in [0.1, 0.15) is 19.8 Å². The van der Waals surface area contributed by atoms with Gasteiger partial charge in [0.1, 0.15) is 17.7 Å². The van der Waals surface area contributed by atoms with Crippen molar-refractivity contribution in [1.29, 1.82) is 0 Å². The van der Waals surface area contributed by atoms with Gasteiger partial charge in [0.25, 0.3) is 0 Å². The molecule has 0 radical (unpaired) electrons. The van der Waals surface area contributed by atoms with Crippen LogP contribution in [0, 0.1) is 5.82 Å². The molecular formula is C27H23FN8O. The molecule has 4 N–H and O–H groups in total. The maximum absolute atomic E-state index is 13.9. The predicted octanol–water partition coefficient (Wildman–Crippen LogP) is 5.29. The number of aliphatic hydroxyl groups excluding tert-OH is 1. The SMILES string of the molecule is CCCC(O)Nc1cncc(-c2cnc3n[nH]c(-c4nc5nccc(-c6cccc(F)c6)c5[nH]4)c3c2)c1. The molecule has 0 aliphatic carbocycles. The number of halogens is 1. The highest BCUT2D eigenvalue weighted by Crippen LogP contribution is 2.32. The Hall–Kier alpha value is -4.70. The summed E-state index contributed by atoms with van der Waals surface area (Å²) in [5.74, 6) is 0.234. The molecule has 9 nitrogen and oxygen atoms in total. The van der Waals surface area contributed by atoms with Crippen LogP contribution in [-0.2, 0) is 0 Å². The number of pyridine rings is 3. The number of nitrogens with one attached hydrogen (secondary N) is 3. The lowest BCUT2D eigenvalue weighted by atomic mass is 10.1. The molecule has 0 aliphatic rings. The fourth-order valence-electron chi connectivity index (χ4n) is 4.38. The largest absolute Gasteiger partial charge is 0.374 e. The first-order valence-corrected chi connectivity index (χ1v) is 11.9. The van der Waals surface area contributed by atoms with E-state index in [4.69, 9.17) is 0 Å². The summed E-state index contributed by atoms with van der Waals surface area (Å²) in [4.78, 5) is 21.2. The zero-order chi connectivity index (χ0) is 25.4. The van der Waals surface area contributed by atoms with E-state index in [1.165, 1.54) is 12.1 Å². The second-order valence-electron chi connectivity index (χ2n) is 8.76. The van der Waals surface area contributed by atoms with Crippen LogP contribution in [0.3, 0.4) is 0 Å². The van der Waals surface area contributed by atoms with Crippen LogP contribution in [0.4, 0.5) is 10.1 Å². The first-order valence-electron chi connectivity index (χ1n) is 11.9. The standard InChI is InChI=1S/C27H23FN8O/c1-2-4-22(37)32-19-10-16(12-29-14-19)17-11-21-24(35-36-25(21)31-13-17)27-33-23-20(7-8-30-26(23)34-27)15-5-3-6-18(28)9-15/h3,5-14,22,32,37H,2,4H2,1H3,(H,30,33,34)(H,31,35,36). The number of hydrogen-bond donors (Lipinski definition) is 4. The third kappa shape index (κ3) is 4.38. The molecule has 6 aromatic rings. The van der Waals surface area contributed by atoms with Crippen molar-refractivity contribution in [3.63, 3.8) is 0 Å². The highest BCUT2D eigenvalue weighted by molar-refractivity contribution is 5.96. The van der Waals surface area contributed by atoms with Crippen molar-refractivity contribution in [3.05, 3.63) is 73.1 Å². The second kappa shape index (κ2) is 9.40. The maximum atomic E-state index is 13.9. The number of H-pyrrole nitrogens is 2.